The van der Waals surface area contributed by atoms with E-state index in [1.807, 2.05) is 17.1 Å². The highest BCUT2D eigenvalue weighted by molar-refractivity contribution is 5.76. The molecule has 0 N–H and O–H groups in total. The average Bonchev–Trinajstić information content (AvgIpc) is 2.58. The lowest BCUT2D eigenvalue weighted by atomic mass is 9.93. The van der Waals surface area contributed by atoms with Gasteiger partial charge in [0, 0.05) is 19.5 Å². The molecule has 0 saturated carbocycles. The van der Waals surface area contributed by atoms with Crippen molar-refractivity contribution in [2.45, 2.75) is 44.9 Å². The summed E-state index contributed by atoms with van der Waals surface area (Å²) in [4.78, 5) is 35.1. The van der Waals surface area contributed by atoms with Crippen molar-refractivity contribution in [1.82, 2.24) is 4.90 Å². The quantitative estimate of drug-likeness (QED) is 0.675. The van der Waals surface area contributed by atoms with E-state index in [-0.39, 0.29) is 5.91 Å². The molecule has 0 aromatic heterocycles. The van der Waals surface area contributed by atoms with Crippen LogP contribution in [0.1, 0.15) is 44.9 Å². The Balaban J connectivity index is 1.74. The smallest absolute Gasteiger partial charge is 0.222 e. The first-order chi connectivity index (χ1) is 10.7. The number of carbonyl (C=O) groups is 1. The van der Waals surface area contributed by atoms with Gasteiger partial charge in [0.25, 0.3) is 0 Å². The summed E-state index contributed by atoms with van der Waals surface area (Å²) in [6.45, 7) is 1.90. The van der Waals surface area contributed by atoms with Gasteiger partial charge in [-0.2, -0.15) is 4.91 Å². The van der Waals surface area contributed by atoms with Crippen molar-refractivity contribution in [3.63, 3.8) is 0 Å². The molecule has 1 saturated heterocycles. The Morgan fingerprint density at radius 2 is 1.91 bits per heavy atom. The third-order valence-electron chi connectivity index (χ3n) is 4.53. The SMILES string of the molecule is O=NCCC1CCN(C(=O)CCC2=CCCC=C2N=O)CC1. The Morgan fingerprint density at radius 3 is 2.59 bits per heavy atom. The summed E-state index contributed by atoms with van der Waals surface area (Å²) in [7, 11) is 0. The number of piperidine rings is 1. The van der Waals surface area contributed by atoms with Crippen LogP contribution in [0.15, 0.2) is 33.8 Å². The Labute approximate surface area is 130 Å². The maximum atomic E-state index is 12.3. The standard InChI is InChI=1S/C16H23N3O3/c20-16(6-5-14-3-1-2-4-15(14)18-22)19-11-8-13(9-12-19)7-10-17-21/h3-4,13H,1-2,5-12H2. The molecule has 6 nitrogen and oxygen atoms in total. The van der Waals surface area contributed by atoms with Crippen molar-refractivity contribution < 1.29 is 4.79 Å². The van der Waals surface area contributed by atoms with E-state index in [1.165, 1.54) is 0 Å². The molecule has 0 unspecified atom stereocenters. The minimum atomic E-state index is 0.142. The van der Waals surface area contributed by atoms with Gasteiger partial charge in [0.2, 0.25) is 5.91 Å². The molecule has 1 aliphatic carbocycles. The molecule has 0 bridgehead atoms. The van der Waals surface area contributed by atoms with Crippen LogP contribution in [0.25, 0.3) is 0 Å². The zero-order valence-corrected chi connectivity index (χ0v) is 12.9. The van der Waals surface area contributed by atoms with Crippen molar-refractivity contribution in [3.05, 3.63) is 33.2 Å². The summed E-state index contributed by atoms with van der Waals surface area (Å²) in [5.74, 6) is 0.653. The molecule has 2 rings (SSSR count). The molecule has 0 radical (unpaired) electrons. The number of hydrogen-bond donors (Lipinski definition) is 0. The number of likely N-dealkylation sites (tertiary alicyclic amines) is 1. The lowest BCUT2D eigenvalue weighted by Crippen LogP contribution is -2.38. The number of amides is 1. The molecule has 22 heavy (non-hydrogen) atoms. The third kappa shape index (κ3) is 4.58. The molecule has 1 fully saturated rings. The number of hydrogen-bond acceptors (Lipinski definition) is 5. The summed E-state index contributed by atoms with van der Waals surface area (Å²) in [6.07, 6.45) is 9.38. The molecular formula is C16H23N3O3. The first-order valence-corrected chi connectivity index (χ1v) is 8.04. The number of nitrogens with zero attached hydrogens (tertiary/aromatic N) is 3. The minimum Gasteiger partial charge on any atom is -0.343 e. The molecule has 1 heterocycles. The van der Waals surface area contributed by atoms with Crippen LogP contribution in [-0.2, 0) is 4.79 Å². The van der Waals surface area contributed by atoms with E-state index in [0.717, 1.165) is 50.8 Å². The molecule has 0 spiro atoms. The van der Waals surface area contributed by atoms with E-state index >= 15 is 0 Å². The number of rotatable bonds is 7. The van der Waals surface area contributed by atoms with Gasteiger partial charge in [-0.25, -0.2) is 0 Å². The first kappa shape index (κ1) is 16.5. The molecule has 1 amide bonds. The Hall–Kier alpha value is -1.85. The van der Waals surface area contributed by atoms with Gasteiger partial charge in [-0.05, 0) is 55.2 Å². The monoisotopic (exact) mass is 305 g/mol. The molecule has 120 valence electrons. The van der Waals surface area contributed by atoms with E-state index in [2.05, 4.69) is 10.4 Å². The number of nitroso groups, excluding NO2 is 2. The van der Waals surface area contributed by atoms with Crippen LogP contribution in [-0.4, -0.2) is 30.4 Å². The van der Waals surface area contributed by atoms with Crippen LogP contribution in [0.2, 0.25) is 0 Å². The third-order valence-corrected chi connectivity index (χ3v) is 4.53. The molecule has 6 heteroatoms. The lowest BCUT2D eigenvalue weighted by Gasteiger charge is -2.32. The topological polar surface area (TPSA) is 79.2 Å². The second-order valence-corrected chi connectivity index (χ2v) is 5.95. The van der Waals surface area contributed by atoms with Crippen LogP contribution >= 0.6 is 0 Å². The maximum Gasteiger partial charge on any atom is 0.222 e. The lowest BCUT2D eigenvalue weighted by molar-refractivity contribution is -0.132. The summed E-state index contributed by atoms with van der Waals surface area (Å²) in [6, 6.07) is 0. The van der Waals surface area contributed by atoms with Gasteiger partial charge in [-0.15, -0.1) is 4.91 Å². The van der Waals surface area contributed by atoms with Crippen LogP contribution in [0.5, 0.6) is 0 Å². The van der Waals surface area contributed by atoms with Crippen molar-refractivity contribution in [1.29, 1.82) is 0 Å². The van der Waals surface area contributed by atoms with E-state index in [9.17, 15) is 14.6 Å². The van der Waals surface area contributed by atoms with Gasteiger partial charge in [-0.1, -0.05) is 17.3 Å². The van der Waals surface area contributed by atoms with Gasteiger partial charge in [0.05, 0.1) is 6.54 Å². The van der Waals surface area contributed by atoms with Crippen molar-refractivity contribution in [2.24, 2.45) is 16.3 Å². The fourth-order valence-corrected chi connectivity index (χ4v) is 3.15. The summed E-state index contributed by atoms with van der Waals surface area (Å²) in [5, 5.41) is 5.95. The summed E-state index contributed by atoms with van der Waals surface area (Å²) >= 11 is 0. The van der Waals surface area contributed by atoms with Crippen LogP contribution in [0.3, 0.4) is 0 Å². The number of allylic oxidation sites excluding steroid dienone is 3. The average molecular weight is 305 g/mol. The molecule has 0 aromatic carbocycles. The normalized spacial score (nSPS) is 19.4. The van der Waals surface area contributed by atoms with Crippen LogP contribution < -0.4 is 0 Å². The molecule has 0 atom stereocenters. The first-order valence-electron chi connectivity index (χ1n) is 8.04. The Bertz CT molecular complexity index is 477. The fourth-order valence-electron chi connectivity index (χ4n) is 3.15. The van der Waals surface area contributed by atoms with E-state index in [4.69, 9.17) is 0 Å². The second kappa shape index (κ2) is 8.56. The predicted octanol–water partition coefficient (Wildman–Crippen LogP) is 3.53. The van der Waals surface area contributed by atoms with Crippen LogP contribution in [0.4, 0.5) is 0 Å². The van der Waals surface area contributed by atoms with Gasteiger partial charge >= 0.3 is 0 Å². The molecule has 1 aliphatic heterocycles. The zero-order valence-electron chi connectivity index (χ0n) is 12.9. The minimum absolute atomic E-state index is 0.142. The summed E-state index contributed by atoms with van der Waals surface area (Å²) < 4.78 is 0. The van der Waals surface area contributed by atoms with Crippen molar-refractivity contribution >= 4 is 5.91 Å². The zero-order chi connectivity index (χ0) is 15.8. The van der Waals surface area contributed by atoms with Gasteiger partial charge in [0.1, 0.15) is 5.70 Å². The molecule has 0 aromatic rings. The maximum absolute atomic E-state index is 12.3. The predicted molar refractivity (Wildman–Crippen MR) is 85.0 cm³/mol. The Morgan fingerprint density at radius 1 is 1.18 bits per heavy atom. The highest BCUT2D eigenvalue weighted by Crippen LogP contribution is 2.25. The number of carbonyl (C=O) groups excluding carboxylic acids is 1. The largest absolute Gasteiger partial charge is 0.343 e. The second-order valence-electron chi connectivity index (χ2n) is 5.95. The van der Waals surface area contributed by atoms with Crippen LogP contribution in [0, 0.1) is 15.7 Å². The van der Waals surface area contributed by atoms with Gasteiger partial charge in [-0.3, -0.25) is 4.79 Å². The Kier molecular flexibility index (Phi) is 6.43. The van der Waals surface area contributed by atoms with Crippen molar-refractivity contribution in [2.75, 3.05) is 19.6 Å². The molecule has 2 aliphatic rings. The van der Waals surface area contributed by atoms with E-state index < -0.39 is 0 Å². The molecular weight excluding hydrogens is 282 g/mol. The fraction of sp³-hybridized carbons (Fsp3) is 0.688. The summed E-state index contributed by atoms with van der Waals surface area (Å²) in [5.41, 5.74) is 1.40. The van der Waals surface area contributed by atoms with Gasteiger partial charge < -0.3 is 4.90 Å². The van der Waals surface area contributed by atoms with Crippen molar-refractivity contribution in [3.8, 4) is 0 Å². The highest BCUT2D eigenvalue weighted by Gasteiger charge is 2.23. The van der Waals surface area contributed by atoms with E-state index in [1.54, 1.807) is 0 Å². The van der Waals surface area contributed by atoms with E-state index in [0.29, 0.717) is 31.0 Å². The highest BCUT2D eigenvalue weighted by atomic mass is 16.3. The van der Waals surface area contributed by atoms with Gasteiger partial charge in [0.15, 0.2) is 0 Å².